The Morgan fingerprint density at radius 1 is 1.50 bits per heavy atom. The molecule has 0 aromatic carbocycles. The zero-order valence-corrected chi connectivity index (χ0v) is 10.1. The van der Waals surface area contributed by atoms with Crippen LogP contribution in [0.2, 0.25) is 0 Å². The lowest BCUT2D eigenvalue weighted by Gasteiger charge is -2.00. The molecule has 1 aliphatic rings. The molecule has 3 heterocycles. The van der Waals surface area contributed by atoms with E-state index in [2.05, 4.69) is 23.9 Å². The molecule has 0 saturated heterocycles. The van der Waals surface area contributed by atoms with Gasteiger partial charge in [-0.15, -0.1) is 0 Å². The van der Waals surface area contributed by atoms with Crippen LogP contribution in [-0.2, 0) is 11.5 Å². The van der Waals surface area contributed by atoms with Gasteiger partial charge in [-0.25, -0.2) is 4.52 Å². The summed E-state index contributed by atoms with van der Waals surface area (Å²) in [6.07, 6.45) is 0. The highest BCUT2D eigenvalue weighted by Crippen LogP contribution is 2.27. The Labute approximate surface area is 97.1 Å². The number of hydrogen-bond donors (Lipinski definition) is 1. The molecule has 3 rings (SSSR count). The van der Waals surface area contributed by atoms with Crippen molar-refractivity contribution in [3.8, 4) is 0 Å². The van der Waals surface area contributed by atoms with Crippen LogP contribution in [0, 0.1) is 0 Å². The van der Waals surface area contributed by atoms with Crippen molar-refractivity contribution in [1.29, 1.82) is 0 Å². The fourth-order valence-corrected chi connectivity index (χ4v) is 3.07. The average Bonchev–Trinajstić information content (AvgIpc) is 2.80. The smallest absolute Gasteiger partial charge is 0.255 e. The van der Waals surface area contributed by atoms with Gasteiger partial charge in [0.1, 0.15) is 5.65 Å². The second kappa shape index (κ2) is 3.38. The molecular weight excluding hydrogens is 222 g/mol. The molecule has 84 valence electrons. The quantitative estimate of drug-likeness (QED) is 0.821. The van der Waals surface area contributed by atoms with Gasteiger partial charge < -0.3 is 4.98 Å². The van der Waals surface area contributed by atoms with E-state index < -0.39 is 0 Å². The van der Waals surface area contributed by atoms with Gasteiger partial charge in [-0.3, -0.25) is 4.79 Å². The normalized spacial score (nSPS) is 14.9. The van der Waals surface area contributed by atoms with Gasteiger partial charge in [0, 0.05) is 23.1 Å². The molecular formula is C11H13N3OS. The maximum atomic E-state index is 11.8. The monoisotopic (exact) mass is 235 g/mol. The molecule has 2 aromatic rings. The summed E-state index contributed by atoms with van der Waals surface area (Å²) in [5, 5.41) is 4.56. The van der Waals surface area contributed by atoms with Crippen LogP contribution >= 0.6 is 11.8 Å². The Hall–Kier alpha value is -1.23. The number of H-pyrrole nitrogens is 1. The molecule has 1 aliphatic heterocycles. The number of rotatable bonds is 1. The average molecular weight is 235 g/mol. The summed E-state index contributed by atoms with van der Waals surface area (Å²) in [7, 11) is 0. The minimum Gasteiger partial charge on any atom is -0.307 e. The van der Waals surface area contributed by atoms with Gasteiger partial charge in [0.2, 0.25) is 0 Å². The van der Waals surface area contributed by atoms with E-state index in [1.807, 2.05) is 10.6 Å². The Morgan fingerprint density at radius 3 is 3.06 bits per heavy atom. The van der Waals surface area contributed by atoms with Crippen LogP contribution in [0.3, 0.4) is 0 Å². The summed E-state index contributed by atoms with van der Waals surface area (Å²) in [5.74, 6) is 2.07. The Kier molecular flexibility index (Phi) is 2.10. The molecule has 5 heteroatoms. The lowest BCUT2D eigenvalue weighted by atomic mass is 10.1. The topological polar surface area (TPSA) is 50.2 Å². The van der Waals surface area contributed by atoms with Crippen molar-refractivity contribution >= 4 is 17.4 Å². The molecule has 1 N–H and O–H groups in total. The van der Waals surface area contributed by atoms with Gasteiger partial charge in [0.15, 0.2) is 0 Å². The van der Waals surface area contributed by atoms with Crippen molar-refractivity contribution in [2.24, 2.45) is 0 Å². The van der Waals surface area contributed by atoms with Crippen LogP contribution in [0.5, 0.6) is 0 Å². The van der Waals surface area contributed by atoms with Gasteiger partial charge in [0.05, 0.1) is 11.4 Å². The van der Waals surface area contributed by atoms with Gasteiger partial charge >= 0.3 is 0 Å². The number of aromatic nitrogens is 3. The maximum Gasteiger partial charge on any atom is 0.255 e. The predicted molar refractivity (Wildman–Crippen MR) is 64.9 cm³/mol. The van der Waals surface area contributed by atoms with Crippen LogP contribution in [-0.4, -0.2) is 14.6 Å². The largest absolute Gasteiger partial charge is 0.307 e. The third-order valence-corrected chi connectivity index (χ3v) is 3.90. The molecule has 16 heavy (non-hydrogen) atoms. The Bertz CT molecular complexity index is 611. The summed E-state index contributed by atoms with van der Waals surface area (Å²) in [5.41, 5.74) is 3.84. The molecule has 0 saturated carbocycles. The van der Waals surface area contributed by atoms with E-state index in [-0.39, 0.29) is 5.56 Å². The SMILES string of the molecule is CC(C)c1cc2[nH]c(=O)c3c(n2n1)CSC3. The fraction of sp³-hybridized carbons (Fsp3) is 0.455. The lowest BCUT2D eigenvalue weighted by molar-refractivity contribution is 0.771. The van der Waals surface area contributed by atoms with Crippen LogP contribution in [0.15, 0.2) is 10.9 Å². The Morgan fingerprint density at radius 2 is 2.31 bits per heavy atom. The third kappa shape index (κ3) is 1.31. The zero-order chi connectivity index (χ0) is 11.3. The van der Waals surface area contributed by atoms with Crippen molar-refractivity contribution in [3.63, 3.8) is 0 Å². The van der Waals surface area contributed by atoms with Crippen molar-refractivity contribution in [1.82, 2.24) is 14.6 Å². The van der Waals surface area contributed by atoms with Gasteiger partial charge in [0.25, 0.3) is 5.56 Å². The standard InChI is InChI=1S/C11H13N3OS/c1-6(2)8-3-10-12-11(15)7-4-16-5-9(7)14(10)13-8/h3,6H,4-5H2,1-2H3,(H,12,15). The highest BCUT2D eigenvalue weighted by molar-refractivity contribution is 7.98. The molecule has 0 unspecified atom stereocenters. The van der Waals surface area contributed by atoms with E-state index in [9.17, 15) is 4.79 Å². The van der Waals surface area contributed by atoms with E-state index >= 15 is 0 Å². The molecule has 0 amide bonds. The fourth-order valence-electron chi connectivity index (χ4n) is 1.97. The van der Waals surface area contributed by atoms with Gasteiger partial charge in [-0.05, 0) is 5.92 Å². The zero-order valence-electron chi connectivity index (χ0n) is 9.28. The number of fused-ring (bicyclic) bond motifs is 3. The van der Waals surface area contributed by atoms with Crippen molar-refractivity contribution < 1.29 is 0 Å². The number of nitrogens with zero attached hydrogens (tertiary/aromatic N) is 2. The van der Waals surface area contributed by atoms with E-state index in [1.54, 1.807) is 11.8 Å². The lowest BCUT2D eigenvalue weighted by Crippen LogP contribution is -2.15. The third-order valence-electron chi connectivity index (χ3n) is 2.92. The number of nitrogens with one attached hydrogen (secondary N) is 1. The molecule has 0 spiro atoms. The van der Waals surface area contributed by atoms with Crippen molar-refractivity contribution in [2.45, 2.75) is 31.3 Å². The highest BCUT2D eigenvalue weighted by atomic mass is 32.2. The number of hydrogen-bond acceptors (Lipinski definition) is 3. The van der Waals surface area contributed by atoms with Gasteiger partial charge in [-0.2, -0.15) is 16.9 Å². The van der Waals surface area contributed by atoms with Crippen LogP contribution in [0.4, 0.5) is 0 Å². The van der Waals surface area contributed by atoms with Crippen LogP contribution < -0.4 is 5.56 Å². The number of thioether (sulfide) groups is 1. The predicted octanol–water partition coefficient (Wildman–Crippen LogP) is 1.89. The molecule has 4 nitrogen and oxygen atoms in total. The number of aromatic amines is 1. The second-order valence-electron chi connectivity index (χ2n) is 4.39. The van der Waals surface area contributed by atoms with Crippen molar-refractivity contribution in [3.05, 3.63) is 33.4 Å². The van der Waals surface area contributed by atoms with Crippen molar-refractivity contribution in [2.75, 3.05) is 0 Å². The molecule has 2 aromatic heterocycles. The summed E-state index contributed by atoms with van der Waals surface area (Å²) in [6, 6.07) is 1.97. The first-order valence-electron chi connectivity index (χ1n) is 5.38. The minimum absolute atomic E-state index is 0.0442. The first-order chi connectivity index (χ1) is 7.66. The first-order valence-corrected chi connectivity index (χ1v) is 6.53. The molecule has 0 bridgehead atoms. The summed E-state index contributed by atoms with van der Waals surface area (Å²) in [6.45, 7) is 4.21. The van der Waals surface area contributed by atoms with Crippen LogP contribution in [0.25, 0.3) is 5.65 Å². The molecule has 0 fully saturated rings. The minimum atomic E-state index is 0.0442. The maximum absolute atomic E-state index is 11.8. The van der Waals surface area contributed by atoms with E-state index in [0.717, 1.165) is 34.1 Å². The molecule has 0 atom stereocenters. The Balaban J connectivity index is 2.35. The van der Waals surface area contributed by atoms with Crippen LogP contribution in [0.1, 0.15) is 36.7 Å². The molecule has 0 aliphatic carbocycles. The first kappa shape index (κ1) is 9.96. The van der Waals surface area contributed by atoms with Gasteiger partial charge in [-0.1, -0.05) is 13.8 Å². The summed E-state index contributed by atoms with van der Waals surface area (Å²) in [4.78, 5) is 14.7. The summed E-state index contributed by atoms with van der Waals surface area (Å²) < 4.78 is 1.89. The second-order valence-corrected chi connectivity index (χ2v) is 5.38. The van der Waals surface area contributed by atoms with E-state index in [1.165, 1.54) is 0 Å². The van der Waals surface area contributed by atoms with E-state index in [4.69, 9.17) is 0 Å². The van der Waals surface area contributed by atoms with E-state index in [0.29, 0.717) is 5.92 Å². The highest BCUT2D eigenvalue weighted by Gasteiger charge is 2.20. The summed E-state index contributed by atoms with van der Waals surface area (Å²) >= 11 is 1.77. The molecule has 0 radical (unpaired) electrons.